The van der Waals surface area contributed by atoms with Gasteiger partial charge in [0.05, 0.1) is 11.8 Å². The molecule has 7 nitrogen and oxygen atoms in total. The molecule has 2 N–H and O–H groups in total. The summed E-state index contributed by atoms with van der Waals surface area (Å²) in [6, 6.07) is 5.48. The number of nitrogens with one attached hydrogen (secondary N) is 2. The number of amides is 4. The first-order chi connectivity index (χ1) is 12.1. The fourth-order valence-electron chi connectivity index (χ4n) is 2.45. The average Bonchev–Trinajstić information content (AvgIpc) is 3.19. The summed E-state index contributed by atoms with van der Waals surface area (Å²) in [6.45, 7) is 1.40. The Morgan fingerprint density at radius 3 is 2.38 bits per heavy atom. The van der Waals surface area contributed by atoms with Crippen LogP contribution in [0, 0.1) is 0 Å². The minimum Gasteiger partial charge on any atom is -0.466 e. The molecule has 136 valence electrons. The Balaban J connectivity index is 1.77. The zero-order chi connectivity index (χ0) is 19.1. The molecule has 1 aromatic carbocycles. The van der Waals surface area contributed by atoms with E-state index in [1.165, 1.54) is 25.3 Å². The maximum Gasteiger partial charge on any atom is 0.416 e. The zero-order valence-electron chi connectivity index (χ0n) is 13.3. The van der Waals surface area contributed by atoms with Crippen molar-refractivity contribution in [3.05, 3.63) is 59.5 Å². The van der Waals surface area contributed by atoms with Crippen LogP contribution in [-0.2, 0) is 16.5 Å². The summed E-state index contributed by atoms with van der Waals surface area (Å²) in [6.07, 6.45) is -3.21. The third-order valence-electron chi connectivity index (χ3n) is 3.89. The average molecular weight is 367 g/mol. The summed E-state index contributed by atoms with van der Waals surface area (Å²) in [5, 5.41) is 2.86. The summed E-state index contributed by atoms with van der Waals surface area (Å²) < 4.78 is 42.8. The summed E-state index contributed by atoms with van der Waals surface area (Å²) in [7, 11) is 0. The molecular weight excluding hydrogens is 355 g/mol. The maximum absolute atomic E-state index is 12.6. The number of nitrogens with zero attached hydrogens (tertiary/aromatic N) is 1. The van der Waals surface area contributed by atoms with Gasteiger partial charge in [0.2, 0.25) is 0 Å². The number of hydrogen-bond donors (Lipinski definition) is 2. The van der Waals surface area contributed by atoms with Crippen molar-refractivity contribution in [2.75, 3.05) is 0 Å². The van der Waals surface area contributed by atoms with Crippen LogP contribution in [0.3, 0.4) is 0 Å². The van der Waals surface area contributed by atoms with E-state index in [4.69, 9.17) is 4.42 Å². The second-order valence-corrected chi connectivity index (χ2v) is 5.69. The number of alkyl halides is 3. The number of hydrazine groups is 1. The number of carbonyl (C=O) groups excluding carboxylic acids is 3. The van der Waals surface area contributed by atoms with Gasteiger partial charge in [0.1, 0.15) is 5.76 Å². The standard InChI is InChI=1S/C16H12F3N3O4/c1-15(11-3-2-8-26-11)13(24)22(14(25)20-15)21-12(23)9-4-6-10(7-5-9)16(17,18)19/h2-8H,1H3,(H,20,25)(H,21,23)/t15-/m1/s1. The van der Waals surface area contributed by atoms with Crippen molar-refractivity contribution in [1.82, 2.24) is 15.8 Å². The summed E-state index contributed by atoms with van der Waals surface area (Å²) in [5.74, 6) is -1.54. The number of carbonyl (C=O) groups is 3. The van der Waals surface area contributed by atoms with E-state index in [1.54, 1.807) is 0 Å². The minimum absolute atomic E-state index is 0.148. The number of urea groups is 1. The van der Waals surface area contributed by atoms with Gasteiger partial charge in [-0.25, -0.2) is 4.79 Å². The van der Waals surface area contributed by atoms with Gasteiger partial charge < -0.3 is 9.73 Å². The molecule has 0 bridgehead atoms. The third-order valence-corrected chi connectivity index (χ3v) is 3.89. The van der Waals surface area contributed by atoms with Gasteiger partial charge in [0.25, 0.3) is 11.8 Å². The molecule has 1 aromatic heterocycles. The second-order valence-electron chi connectivity index (χ2n) is 5.69. The topological polar surface area (TPSA) is 91.7 Å². The van der Waals surface area contributed by atoms with Gasteiger partial charge in [-0.15, -0.1) is 0 Å². The quantitative estimate of drug-likeness (QED) is 0.815. The second kappa shape index (κ2) is 5.90. The molecule has 0 spiro atoms. The van der Waals surface area contributed by atoms with E-state index >= 15 is 0 Å². The number of halogens is 3. The van der Waals surface area contributed by atoms with Gasteiger partial charge >= 0.3 is 12.2 Å². The van der Waals surface area contributed by atoms with Crippen LogP contribution in [0.1, 0.15) is 28.6 Å². The lowest BCUT2D eigenvalue weighted by Gasteiger charge is -2.19. The Bertz CT molecular complexity index is 862. The Hall–Kier alpha value is -3.30. The fraction of sp³-hybridized carbons (Fsp3) is 0.188. The van der Waals surface area contributed by atoms with Crippen LogP contribution in [-0.4, -0.2) is 22.9 Å². The highest BCUT2D eigenvalue weighted by atomic mass is 19.4. The summed E-state index contributed by atoms with van der Waals surface area (Å²) in [5.41, 5.74) is -0.496. The Kier molecular flexibility index (Phi) is 3.98. The molecule has 4 amide bonds. The summed E-state index contributed by atoms with van der Waals surface area (Å²) >= 11 is 0. The number of furan rings is 1. The smallest absolute Gasteiger partial charge is 0.416 e. The van der Waals surface area contributed by atoms with Crippen molar-refractivity contribution in [3.8, 4) is 0 Å². The van der Waals surface area contributed by atoms with Crippen molar-refractivity contribution >= 4 is 17.8 Å². The lowest BCUT2D eigenvalue weighted by Crippen LogP contribution is -2.47. The van der Waals surface area contributed by atoms with Crippen molar-refractivity contribution in [2.24, 2.45) is 0 Å². The van der Waals surface area contributed by atoms with Crippen LogP contribution >= 0.6 is 0 Å². The normalized spacial score (nSPS) is 20.2. The molecule has 0 aliphatic carbocycles. The molecule has 1 aliphatic rings. The SMILES string of the molecule is C[C@]1(c2ccco2)NC(=O)N(NC(=O)c2ccc(C(F)(F)F)cc2)C1=O. The largest absolute Gasteiger partial charge is 0.466 e. The Morgan fingerprint density at radius 2 is 1.85 bits per heavy atom. The molecular formula is C16H12F3N3O4. The first-order valence-corrected chi connectivity index (χ1v) is 7.32. The minimum atomic E-state index is -4.54. The molecule has 1 saturated heterocycles. The highest BCUT2D eigenvalue weighted by Gasteiger charge is 2.52. The Labute approximate surface area is 144 Å². The Morgan fingerprint density at radius 1 is 1.19 bits per heavy atom. The first-order valence-electron chi connectivity index (χ1n) is 7.32. The molecule has 1 fully saturated rings. The van der Waals surface area contributed by atoms with Gasteiger partial charge in [-0.05, 0) is 43.3 Å². The van der Waals surface area contributed by atoms with E-state index in [0.29, 0.717) is 5.01 Å². The molecule has 0 unspecified atom stereocenters. The van der Waals surface area contributed by atoms with Crippen LogP contribution in [0.2, 0.25) is 0 Å². The van der Waals surface area contributed by atoms with Gasteiger partial charge in [-0.3, -0.25) is 15.0 Å². The van der Waals surface area contributed by atoms with Crippen molar-refractivity contribution in [1.29, 1.82) is 0 Å². The van der Waals surface area contributed by atoms with E-state index < -0.39 is 35.1 Å². The fourth-order valence-corrected chi connectivity index (χ4v) is 2.45. The number of benzene rings is 1. The monoisotopic (exact) mass is 367 g/mol. The molecule has 2 heterocycles. The van der Waals surface area contributed by atoms with Gasteiger partial charge in [0, 0.05) is 5.56 Å². The van der Waals surface area contributed by atoms with Crippen LogP contribution in [0.4, 0.5) is 18.0 Å². The molecule has 3 rings (SSSR count). The van der Waals surface area contributed by atoms with Crippen LogP contribution in [0.15, 0.2) is 47.1 Å². The van der Waals surface area contributed by atoms with E-state index in [1.807, 2.05) is 0 Å². The first kappa shape index (κ1) is 17.5. The van der Waals surface area contributed by atoms with E-state index in [2.05, 4.69) is 10.7 Å². The molecule has 26 heavy (non-hydrogen) atoms. The molecule has 1 aliphatic heterocycles. The number of imide groups is 1. The van der Waals surface area contributed by atoms with E-state index in [9.17, 15) is 27.6 Å². The highest BCUT2D eigenvalue weighted by Crippen LogP contribution is 2.30. The highest BCUT2D eigenvalue weighted by molar-refractivity contribution is 6.09. The molecule has 10 heteroatoms. The predicted molar refractivity (Wildman–Crippen MR) is 80.3 cm³/mol. The molecule has 0 saturated carbocycles. The zero-order valence-corrected chi connectivity index (χ0v) is 13.3. The van der Waals surface area contributed by atoms with Gasteiger partial charge in [-0.2, -0.15) is 18.2 Å². The number of hydrogen-bond acceptors (Lipinski definition) is 4. The molecule has 1 atom stereocenters. The third kappa shape index (κ3) is 2.89. The van der Waals surface area contributed by atoms with Gasteiger partial charge in [-0.1, -0.05) is 0 Å². The van der Waals surface area contributed by atoms with Crippen molar-refractivity contribution in [3.63, 3.8) is 0 Å². The van der Waals surface area contributed by atoms with Crippen molar-refractivity contribution < 1.29 is 32.0 Å². The molecule has 2 aromatic rings. The van der Waals surface area contributed by atoms with Crippen LogP contribution < -0.4 is 10.7 Å². The maximum atomic E-state index is 12.6. The lowest BCUT2D eigenvalue weighted by molar-refractivity contribution is -0.137. The predicted octanol–water partition coefficient (Wildman–Crippen LogP) is 2.41. The van der Waals surface area contributed by atoms with Crippen molar-refractivity contribution in [2.45, 2.75) is 18.6 Å². The lowest BCUT2D eigenvalue weighted by atomic mass is 10.00. The van der Waals surface area contributed by atoms with Crippen LogP contribution in [0.25, 0.3) is 0 Å². The van der Waals surface area contributed by atoms with E-state index in [0.717, 1.165) is 24.3 Å². The van der Waals surface area contributed by atoms with E-state index in [-0.39, 0.29) is 11.3 Å². The van der Waals surface area contributed by atoms with Gasteiger partial charge in [0.15, 0.2) is 5.54 Å². The van der Waals surface area contributed by atoms with Crippen LogP contribution in [0.5, 0.6) is 0 Å². The molecule has 0 radical (unpaired) electrons. The summed E-state index contributed by atoms with van der Waals surface area (Å²) in [4.78, 5) is 36.7. The number of rotatable bonds is 3.